The van der Waals surface area contributed by atoms with E-state index in [0.717, 1.165) is 25.7 Å². The third-order valence-electron chi connectivity index (χ3n) is 3.04. The van der Waals surface area contributed by atoms with E-state index in [1.165, 1.54) is 18.2 Å². The lowest BCUT2D eigenvalue weighted by Crippen LogP contribution is -2.12. The molecular formula is C14H13FN4O. The smallest absolute Gasteiger partial charge is 0.237 e. The number of rotatable bonds is 4. The van der Waals surface area contributed by atoms with Gasteiger partial charge in [0.2, 0.25) is 5.71 Å². The molecule has 1 aromatic carbocycles. The molecule has 1 aliphatic carbocycles. The largest absolute Gasteiger partial charge is 0.488 e. The van der Waals surface area contributed by atoms with Gasteiger partial charge in [-0.15, -0.1) is 0 Å². The van der Waals surface area contributed by atoms with Gasteiger partial charge in [-0.3, -0.25) is 5.43 Å². The highest BCUT2D eigenvalue weighted by molar-refractivity contribution is 6.10. The minimum atomic E-state index is -0.447. The predicted octanol–water partition coefficient (Wildman–Crippen LogP) is 2.96. The van der Waals surface area contributed by atoms with Crippen molar-refractivity contribution in [2.24, 2.45) is 5.10 Å². The van der Waals surface area contributed by atoms with Crippen LogP contribution >= 0.6 is 0 Å². The van der Waals surface area contributed by atoms with Crippen LogP contribution < -0.4 is 10.2 Å². The van der Waals surface area contributed by atoms with E-state index in [4.69, 9.17) is 15.3 Å². The van der Waals surface area contributed by atoms with Crippen molar-refractivity contribution in [1.29, 1.82) is 10.5 Å². The molecule has 20 heavy (non-hydrogen) atoms. The third kappa shape index (κ3) is 3.46. The predicted molar refractivity (Wildman–Crippen MR) is 71.6 cm³/mol. The Labute approximate surface area is 116 Å². The van der Waals surface area contributed by atoms with Gasteiger partial charge < -0.3 is 4.74 Å². The summed E-state index contributed by atoms with van der Waals surface area (Å²) in [4.78, 5) is 0. The maximum absolute atomic E-state index is 13.3. The van der Waals surface area contributed by atoms with Crippen LogP contribution in [0.1, 0.15) is 25.7 Å². The van der Waals surface area contributed by atoms with E-state index in [-0.39, 0.29) is 11.8 Å². The van der Waals surface area contributed by atoms with E-state index in [1.54, 1.807) is 12.1 Å². The molecule has 0 heterocycles. The number of halogens is 1. The van der Waals surface area contributed by atoms with Gasteiger partial charge in [-0.1, -0.05) is 0 Å². The zero-order valence-corrected chi connectivity index (χ0v) is 10.8. The van der Waals surface area contributed by atoms with Gasteiger partial charge in [-0.2, -0.15) is 15.6 Å². The number of hydrogen-bond acceptors (Lipinski definition) is 5. The van der Waals surface area contributed by atoms with Gasteiger partial charge >= 0.3 is 0 Å². The van der Waals surface area contributed by atoms with Crippen molar-refractivity contribution in [2.75, 3.05) is 5.43 Å². The van der Waals surface area contributed by atoms with Crippen molar-refractivity contribution < 1.29 is 9.13 Å². The van der Waals surface area contributed by atoms with E-state index in [9.17, 15) is 4.39 Å². The summed E-state index contributed by atoms with van der Waals surface area (Å²) in [6.45, 7) is 0. The molecule has 1 aliphatic rings. The summed E-state index contributed by atoms with van der Waals surface area (Å²) < 4.78 is 19.1. The first-order chi connectivity index (χ1) is 9.72. The number of benzene rings is 1. The first kappa shape index (κ1) is 13.8. The van der Waals surface area contributed by atoms with E-state index < -0.39 is 5.82 Å². The van der Waals surface area contributed by atoms with Crippen LogP contribution in [0.4, 0.5) is 10.1 Å². The summed E-state index contributed by atoms with van der Waals surface area (Å²) >= 11 is 0. The van der Waals surface area contributed by atoms with Crippen LogP contribution in [0.5, 0.6) is 5.75 Å². The highest BCUT2D eigenvalue weighted by atomic mass is 19.1. The van der Waals surface area contributed by atoms with Crippen LogP contribution in [0.15, 0.2) is 23.3 Å². The molecule has 0 amide bonds. The number of hydrazone groups is 1. The quantitative estimate of drug-likeness (QED) is 0.674. The molecule has 0 aromatic heterocycles. The van der Waals surface area contributed by atoms with Gasteiger partial charge in [0.05, 0.1) is 6.10 Å². The fourth-order valence-corrected chi connectivity index (χ4v) is 2.07. The van der Waals surface area contributed by atoms with Crippen LogP contribution in [0.3, 0.4) is 0 Å². The molecule has 0 spiro atoms. The lowest BCUT2D eigenvalue weighted by atomic mass is 10.2. The van der Waals surface area contributed by atoms with E-state index in [2.05, 4.69) is 10.5 Å². The number of nitriles is 2. The Morgan fingerprint density at radius 1 is 1.30 bits per heavy atom. The SMILES string of the molecule is N#CC(C#N)=NNc1cc(F)ccc1OC1CCCC1. The number of nitrogens with one attached hydrogen (secondary N) is 1. The first-order valence-electron chi connectivity index (χ1n) is 6.33. The van der Waals surface area contributed by atoms with Gasteiger partial charge in [0.15, 0.2) is 0 Å². The molecule has 2 rings (SSSR count). The summed E-state index contributed by atoms with van der Waals surface area (Å²) in [6.07, 6.45) is 4.32. The standard InChI is InChI=1S/C14H13FN4O/c15-10-5-6-14(20-12-3-1-2-4-12)13(7-10)19-18-11(8-16)9-17/h5-7,12,19H,1-4H2. The van der Waals surface area contributed by atoms with Crippen LogP contribution in [0, 0.1) is 28.5 Å². The number of hydrogen-bond donors (Lipinski definition) is 1. The highest BCUT2D eigenvalue weighted by Gasteiger charge is 2.18. The molecule has 1 N–H and O–H groups in total. The molecule has 0 radical (unpaired) electrons. The molecule has 0 unspecified atom stereocenters. The minimum absolute atomic E-state index is 0.122. The minimum Gasteiger partial charge on any atom is -0.488 e. The van der Waals surface area contributed by atoms with Gasteiger partial charge in [0.25, 0.3) is 0 Å². The van der Waals surface area contributed by atoms with Crippen molar-refractivity contribution in [3.05, 3.63) is 24.0 Å². The normalized spacial score (nSPS) is 14.2. The molecular weight excluding hydrogens is 259 g/mol. The van der Waals surface area contributed by atoms with Crippen LogP contribution in [-0.2, 0) is 0 Å². The second-order valence-electron chi connectivity index (χ2n) is 4.46. The number of anilines is 1. The van der Waals surface area contributed by atoms with Crippen molar-refractivity contribution in [3.8, 4) is 17.9 Å². The maximum Gasteiger partial charge on any atom is 0.237 e. The maximum atomic E-state index is 13.3. The lowest BCUT2D eigenvalue weighted by molar-refractivity contribution is 0.211. The summed E-state index contributed by atoms with van der Waals surface area (Å²) in [5.41, 5.74) is 2.48. The topological polar surface area (TPSA) is 81.2 Å². The molecule has 1 aromatic rings. The Bertz CT molecular complexity index is 578. The first-order valence-corrected chi connectivity index (χ1v) is 6.33. The van der Waals surface area contributed by atoms with E-state index in [1.807, 2.05) is 0 Å². The van der Waals surface area contributed by atoms with Gasteiger partial charge in [-0.25, -0.2) is 4.39 Å². The Morgan fingerprint density at radius 2 is 2.00 bits per heavy atom. The molecule has 0 bridgehead atoms. The molecule has 5 nitrogen and oxygen atoms in total. The summed E-state index contributed by atoms with van der Waals surface area (Å²) in [7, 11) is 0. The molecule has 102 valence electrons. The van der Waals surface area contributed by atoms with Crippen LogP contribution in [0.2, 0.25) is 0 Å². The van der Waals surface area contributed by atoms with Crippen molar-refractivity contribution >= 4 is 11.4 Å². The third-order valence-corrected chi connectivity index (χ3v) is 3.04. The average molecular weight is 272 g/mol. The molecule has 0 aliphatic heterocycles. The fraction of sp³-hybridized carbons (Fsp3) is 0.357. The summed E-state index contributed by atoms with van der Waals surface area (Å²) in [6, 6.07) is 7.28. The zero-order chi connectivity index (χ0) is 14.4. The van der Waals surface area contributed by atoms with Gasteiger partial charge in [0, 0.05) is 6.07 Å². The molecule has 6 heteroatoms. The van der Waals surface area contributed by atoms with Crippen molar-refractivity contribution in [2.45, 2.75) is 31.8 Å². The van der Waals surface area contributed by atoms with Crippen LogP contribution in [-0.4, -0.2) is 11.8 Å². The Balaban J connectivity index is 2.17. The fourth-order valence-electron chi connectivity index (χ4n) is 2.07. The monoisotopic (exact) mass is 272 g/mol. The summed E-state index contributed by atoms with van der Waals surface area (Å²) in [5.74, 6) is 0.0224. The molecule has 1 saturated carbocycles. The Morgan fingerprint density at radius 3 is 2.65 bits per heavy atom. The zero-order valence-electron chi connectivity index (χ0n) is 10.8. The molecule has 0 atom stereocenters. The average Bonchev–Trinajstić information content (AvgIpc) is 2.95. The van der Waals surface area contributed by atoms with Crippen molar-refractivity contribution in [1.82, 2.24) is 0 Å². The lowest BCUT2D eigenvalue weighted by Gasteiger charge is -2.16. The number of ether oxygens (including phenoxy) is 1. The Kier molecular flexibility index (Phi) is 4.52. The Hall–Kier alpha value is -2.60. The van der Waals surface area contributed by atoms with Gasteiger partial charge in [0.1, 0.15) is 29.4 Å². The number of nitrogens with zero attached hydrogens (tertiary/aromatic N) is 3. The van der Waals surface area contributed by atoms with E-state index >= 15 is 0 Å². The second kappa shape index (κ2) is 6.53. The second-order valence-corrected chi connectivity index (χ2v) is 4.46. The summed E-state index contributed by atoms with van der Waals surface area (Å²) in [5, 5.41) is 20.8. The van der Waals surface area contributed by atoms with Crippen LogP contribution in [0.25, 0.3) is 0 Å². The van der Waals surface area contributed by atoms with Crippen molar-refractivity contribution in [3.63, 3.8) is 0 Å². The van der Waals surface area contributed by atoms with E-state index in [0.29, 0.717) is 11.4 Å². The van der Waals surface area contributed by atoms with Gasteiger partial charge in [-0.05, 0) is 37.8 Å². The highest BCUT2D eigenvalue weighted by Crippen LogP contribution is 2.30. The molecule has 0 saturated heterocycles. The molecule has 1 fully saturated rings.